The Morgan fingerprint density at radius 2 is 2.32 bits per heavy atom. The monoisotopic (exact) mass is 256 g/mol. The van der Waals surface area contributed by atoms with Gasteiger partial charge in [-0.1, -0.05) is 6.07 Å². The summed E-state index contributed by atoms with van der Waals surface area (Å²) in [5, 5.41) is 18.5. The molecular weight excluding hydrogens is 240 g/mol. The first kappa shape index (κ1) is 13.0. The minimum Gasteiger partial charge on any atom is -0.493 e. The molecule has 5 heteroatoms. The molecular formula is C14H16N4O. The first-order valence-electron chi connectivity index (χ1n) is 6.20. The van der Waals surface area contributed by atoms with Crippen LogP contribution in [0, 0.1) is 11.3 Å². The quantitative estimate of drug-likeness (QED) is 0.747. The number of H-pyrrole nitrogens is 1. The Labute approximate surface area is 112 Å². The lowest BCUT2D eigenvalue weighted by atomic mass is 10.3. The van der Waals surface area contributed by atoms with Gasteiger partial charge in [0.1, 0.15) is 5.75 Å². The minimum atomic E-state index is 0.526. The summed E-state index contributed by atoms with van der Waals surface area (Å²) in [6.07, 6.45) is 3.01. The van der Waals surface area contributed by atoms with E-state index in [1.165, 1.54) is 0 Å². The number of nitrogens with one attached hydrogen (secondary N) is 2. The van der Waals surface area contributed by atoms with Crippen molar-refractivity contribution in [3.05, 3.63) is 42.2 Å². The number of rotatable bonds is 7. The number of nitrogens with zero attached hydrogens (tertiary/aromatic N) is 2. The average molecular weight is 256 g/mol. The molecule has 0 radical (unpaired) electrons. The van der Waals surface area contributed by atoms with Gasteiger partial charge < -0.3 is 10.1 Å². The van der Waals surface area contributed by atoms with E-state index in [-0.39, 0.29) is 0 Å². The summed E-state index contributed by atoms with van der Waals surface area (Å²) in [6, 6.07) is 11.8. The molecule has 0 spiro atoms. The van der Waals surface area contributed by atoms with E-state index in [9.17, 15) is 0 Å². The molecule has 0 saturated carbocycles. The number of hydrogen-bond acceptors (Lipinski definition) is 4. The molecule has 0 aliphatic carbocycles. The van der Waals surface area contributed by atoms with Crippen LogP contribution in [0.15, 0.2) is 36.5 Å². The van der Waals surface area contributed by atoms with Crippen molar-refractivity contribution >= 4 is 5.69 Å². The van der Waals surface area contributed by atoms with E-state index >= 15 is 0 Å². The third-order valence-electron chi connectivity index (χ3n) is 2.58. The molecule has 0 aliphatic rings. The van der Waals surface area contributed by atoms with Crippen molar-refractivity contribution < 1.29 is 4.74 Å². The molecule has 0 saturated heterocycles. The number of unbranched alkanes of at least 4 members (excludes halogenated alkanes) is 1. The van der Waals surface area contributed by atoms with E-state index in [2.05, 4.69) is 21.6 Å². The van der Waals surface area contributed by atoms with Crippen LogP contribution < -0.4 is 10.1 Å². The number of ether oxygens (including phenoxy) is 1. The van der Waals surface area contributed by atoms with Crippen LogP contribution in [0.4, 0.5) is 5.69 Å². The fraction of sp³-hybridized carbons (Fsp3) is 0.286. The molecule has 0 unspecified atom stereocenters. The largest absolute Gasteiger partial charge is 0.493 e. The fourth-order valence-electron chi connectivity index (χ4n) is 1.62. The van der Waals surface area contributed by atoms with Crippen molar-refractivity contribution in [1.82, 2.24) is 10.2 Å². The van der Waals surface area contributed by atoms with Gasteiger partial charge in [-0.15, -0.1) is 0 Å². The van der Waals surface area contributed by atoms with E-state index < -0.39 is 0 Å². The third-order valence-corrected chi connectivity index (χ3v) is 2.58. The summed E-state index contributed by atoms with van der Waals surface area (Å²) in [6.45, 7) is 1.26. The molecule has 1 heterocycles. The Kier molecular flexibility index (Phi) is 4.82. The van der Waals surface area contributed by atoms with Gasteiger partial charge in [-0.2, -0.15) is 10.4 Å². The zero-order chi connectivity index (χ0) is 13.3. The maximum atomic E-state index is 8.44. The van der Waals surface area contributed by atoms with Crippen LogP contribution in [0.3, 0.4) is 0 Å². The van der Waals surface area contributed by atoms with Gasteiger partial charge in [0.15, 0.2) is 0 Å². The van der Waals surface area contributed by atoms with E-state index in [1.807, 2.05) is 30.3 Å². The van der Waals surface area contributed by atoms with Crippen LogP contribution in [0.25, 0.3) is 0 Å². The summed E-state index contributed by atoms with van der Waals surface area (Å²) >= 11 is 0. The highest BCUT2D eigenvalue weighted by Gasteiger charge is 1.98. The number of aromatic nitrogens is 2. The van der Waals surface area contributed by atoms with Crippen LogP contribution in [0.5, 0.6) is 5.75 Å². The van der Waals surface area contributed by atoms with Crippen LogP contribution in [-0.2, 0) is 6.54 Å². The molecule has 0 fully saturated rings. The number of benzene rings is 1. The molecule has 1 aromatic heterocycles. The summed E-state index contributed by atoms with van der Waals surface area (Å²) in [4.78, 5) is 0. The van der Waals surface area contributed by atoms with Gasteiger partial charge >= 0.3 is 0 Å². The van der Waals surface area contributed by atoms with E-state index in [4.69, 9.17) is 10.00 Å². The highest BCUT2D eigenvalue weighted by atomic mass is 16.5. The van der Waals surface area contributed by atoms with E-state index in [0.29, 0.717) is 19.6 Å². The molecule has 19 heavy (non-hydrogen) atoms. The van der Waals surface area contributed by atoms with Gasteiger partial charge in [0.25, 0.3) is 0 Å². The van der Waals surface area contributed by atoms with Crippen molar-refractivity contribution in [3.8, 4) is 11.8 Å². The van der Waals surface area contributed by atoms with Crippen LogP contribution >= 0.6 is 0 Å². The maximum absolute atomic E-state index is 8.44. The highest BCUT2D eigenvalue weighted by molar-refractivity contribution is 5.48. The van der Waals surface area contributed by atoms with Gasteiger partial charge in [0.2, 0.25) is 0 Å². The molecule has 2 N–H and O–H groups in total. The topological polar surface area (TPSA) is 73.7 Å². The molecule has 2 rings (SSSR count). The zero-order valence-corrected chi connectivity index (χ0v) is 10.6. The predicted molar refractivity (Wildman–Crippen MR) is 72.7 cm³/mol. The van der Waals surface area contributed by atoms with Gasteiger partial charge in [0, 0.05) is 24.4 Å². The smallest absolute Gasteiger partial charge is 0.121 e. The fourth-order valence-corrected chi connectivity index (χ4v) is 1.62. The SMILES string of the molecule is N#CCCCOc1cccc(NCc2ccn[nH]2)c1. The van der Waals surface area contributed by atoms with Crippen molar-refractivity contribution in [2.75, 3.05) is 11.9 Å². The van der Waals surface area contributed by atoms with Crippen molar-refractivity contribution in [3.63, 3.8) is 0 Å². The molecule has 98 valence electrons. The van der Waals surface area contributed by atoms with Gasteiger partial charge in [-0.05, 0) is 24.6 Å². The Morgan fingerprint density at radius 1 is 1.37 bits per heavy atom. The first-order chi connectivity index (χ1) is 9.38. The summed E-state index contributed by atoms with van der Waals surface area (Å²) in [5.74, 6) is 0.813. The second kappa shape index (κ2) is 7.07. The highest BCUT2D eigenvalue weighted by Crippen LogP contribution is 2.18. The molecule has 1 aromatic carbocycles. The van der Waals surface area contributed by atoms with Crippen molar-refractivity contribution in [2.45, 2.75) is 19.4 Å². The van der Waals surface area contributed by atoms with Gasteiger partial charge in [-0.25, -0.2) is 0 Å². The van der Waals surface area contributed by atoms with Crippen LogP contribution in [0.1, 0.15) is 18.5 Å². The lowest BCUT2D eigenvalue weighted by Gasteiger charge is -2.08. The van der Waals surface area contributed by atoms with E-state index in [0.717, 1.165) is 23.6 Å². The number of nitriles is 1. The molecule has 5 nitrogen and oxygen atoms in total. The Bertz CT molecular complexity index is 531. The normalized spacial score (nSPS) is 9.84. The van der Waals surface area contributed by atoms with Crippen molar-refractivity contribution in [2.24, 2.45) is 0 Å². The number of hydrogen-bond donors (Lipinski definition) is 2. The van der Waals surface area contributed by atoms with Crippen molar-refractivity contribution in [1.29, 1.82) is 5.26 Å². The van der Waals surface area contributed by atoms with Crippen LogP contribution in [0.2, 0.25) is 0 Å². The molecule has 2 aromatic rings. The lowest BCUT2D eigenvalue weighted by Crippen LogP contribution is -2.01. The molecule has 0 bridgehead atoms. The summed E-state index contributed by atoms with van der Waals surface area (Å²) < 4.78 is 5.57. The molecule has 0 aliphatic heterocycles. The van der Waals surface area contributed by atoms with Crippen LogP contribution in [-0.4, -0.2) is 16.8 Å². The van der Waals surface area contributed by atoms with E-state index in [1.54, 1.807) is 6.20 Å². The second-order valence-electron chi connectivity index (χ2n) is 4.07. The van der Waals surface area contributed by atoms with Gasteiger partial charge in [0.05, 0.1) is 24.9 Å². The Hall–Kier alpha value is -2.48. The molecule has 0 amide bonds. The summed E-state index contributed by atoms with van der Waals surface area (Å²) in [7, 11) is 0. The van der Waals surface area contributed by atoms with Gasteiger partial charge in [-0.3, -0.25) is 5.10 Å². The minimum absolute atomic E-state index is 0.526. The Balaban J connectivity index is 1.83. The lowest BCUT2D eigenvalue weighted by molar-refractivity contribution is 0.313. The third kappa shape index (κ3) is 4.36. The zero-order valence-electron chi connectivity index (χ0n) is 10.6. The maximum Gasteiger partial charge on any atom is 0.121 e. The summed E-state index contributed by atoms with van der Waals surface area (Å²) in [5.41, 5.74) is 2.02. The second-order valence-corrected chi connectivity index (χ2v) is 4.07. The average Bonchev–Trinajstić information content (AvgIpc) is 2.95. The molecule has 0 atom stereocenters. The number of anilines is 1. The predicted octanol–water partition coefficient (Wildman–Crippen LogP) is 2.70. The standard InChI is InChI=1S/C14H16N4O/c15-7-1-2-9-19-14-5-3-4-12(10-14)16-11-13-6-8-17-18-13/h3-6,8,10,16H,1-2,9,11H2,(H,17,18). The Morgan fingerprint density at radius 3 is 3.11 bits per heavy atom. The first-order valence-corrected chi connectivity index (χ1v) is 6.20. The number of aromatic amines is 1.